The number of hydrogen-bond acceptors (Lipinski definition) is 2. The largest absolute Gasteiger partial charge is 0.454 e. The van der Waals surface area contributed by atoms with Gasteiger partial charge in [-0.2, -0.15) is 0 Å². The fraction of sp³-hybridized carbons (Fsp3) is 0. The van der Waals surface area contributed by atoms with Crippen LogP contribution in [0.1, 0.15) is 0 Å². The van der Waals surface area contributed by atoms with Crippen molar-refractivity contribution in [2.75, 3.05) is 4.90 Å². The van der Waals surface area contributed by atoms with E-state index in [-0.39, 0.29) is 0 Å². The molecule has 2 aromatic heterocycles. The van der Waals surface area contributed by atoms with Crippen molar-refractivity contribution in [2.24, 2.45) is 0 Å². The van der Waals surface area contributed by atoms with Crippen LogP contribution in [0, 0.1) is 0 Å². The Morgan fingerprint density at radius 3 is 2.00 bits per heavy atom. The molecule has 0 aliphatic heterocycles. The third kappa shape index (κ3) is 4.61. The van der Waals surface area contributed by atoms with Crippen molar-refractivity contribution in [3.05, 3.63) is 194 Å². The van der Waals surface area contributed by atoms with Gasteiger partial charge in [-0.25, -0.2) is 0 Å². The molecule has 11 rings (SSSR count). The number of nitrogens with zero attached hydrogens (tertiary/aromatic N) is 2. The minimum atomic E-state index is 0.866. The summed E-state index contributed by atoms with van der Waals surface area (Å²) in [5, 5.41) is 9.50. The van der Waals surface area contributed by atoms with E-state index < -0.39 is 0 Å². The Morgan fingerprint density at radius 2 is 1.11 bits per heavy atom. The summed E-state index contributed by atoms with van der Waals surface area (Å²) >= 11 is 0. The first-order valence-corrected chi connectivity index (χ1v) is 18.1. The predicted octanol–water partition coefficient (Wildman–Crippen LogP) is 14.1. The van der Waals surface area contributed by atoms with E-state index in [9.17, 15) is 0 Å². The molecule has 0 aliphatic carbocycles. The normalized spacial score (nSPS) is 11.8. The quantitative estimate of drug-likeness (QED) is 0.181. The standard InChI is InChI=1S/C50H32N2O/c1-3-15-37(16-4-1)51(39-29-27-33-13-7-8-14-35(33)31-39)46-24-12-21-42-49-43-32-36(26-25-34(43)28-30-47(49)53-50(42)46)40-20-11-23-45-48(40)41-19-9-10-22-44(41)52(45)38-17-5-2-6-18-38/h1-32H. The van der Waals surface area contributed by atoms with Gasteiger partial charge in [0.2, 0.25) is 0 Å². The molecule has 0 unspecified atom stereocenters. The van der Waals surface area contributed by atoms with Gasteiger partial charge in [0.1, 0.15) is 5.58 Å². The maximum atomic E-state index is 6.88. The number of anilines is 3. The van der Waals surface area contributed by atoms with Crippen molar-refractivity contribution < 1.29 is 4.42 Å². The van der Waals surface area contributed by atoms with Crippen LogP contribution in [0.2, 0.25) is 0 Å². The number of aromatic nitrogens is 1. The van der Waals surface area contributed by atoms with Crippen molar-refractivity contribution in [2.45, 2.75) is 0 Å². The Kier molecular flexibility index (Phi) is 6.55. The second-order valence-electron chi connectivity index (χ2n) is 13.7. The zero-order chi connectivity index (χ0) is 34.9. The Bertz CT molecular complexity index is 3170. The number of benzene rings is 9. The second kappa shape index (κ2) is 11.7. The molecule has 53 heavy (non-hydrogen) atoms. The van der Waals surface area contributed by atoms with E-state index >= 15 is 0 Å². The smallest absolute Gasteiger partial charge is 0.159 e. The lowest BCUT2D eigenvalue weighted by Gasteiger charge is -2.25. The lowest BCUT2D eigenvalue weighted by atomic mass is 9.95. The minimum absolute atomic E-state index is 0.866. The zero-order valence-electron chi connectivity index (χ0n) is 28.8. The van der Waals surface area contributed by atoms with Crippen LogP contribution in [0.3, 0.4) is 0 Å². The topological polar surface area (TPSA) is 21.3 Å². The van der Waals surface area contributed by atoms with Gasteiger partial charge in [0, 0.05) is 38.6 Å². The summed E-state index contributed by atoms with van der Waals surface area (Å²) in [6.45, 7) is 0. The molecule has 0 bridgehead atoms. The minimum Gasteiger partial charge on any atom is -0.454 e. The number of rotatable bonds is 5. The molecule has 2 heterocycles. The third-order valence-corrected chi connectivity index (χ3v) is 10.7. The van der Waals surface area contributed by atoms with Gasteiger partial charge in [-0.15, -0.1) is 0 Å². The van der Waals surface area contributed by atoms with Crippen LogP contribution in [-0.2, 0) is 0 Å². The van der Waals surface area contributed by atoms with E-state index in [1.54, 1.807) is 0 Å². The van der Waals surface area contributed by atoms with Crippen LogP contribution in [-0.4, -0.2) is 4.57 Å². The van der Waals surface area contributed by atoms with Crippen LogP contribution >= 0.6 is 0 Å². The Labute approximate surface area is 306 Å². The van der Waals surface area contributed by atoms with Crippen molar-refractivity contribution in [3.63, 3.8) is 0 Å². The Balaban J connectivity index is 1.14. The van der Waals surface area contributed by atoms with Gasteiger partial charge in [0.25, 0.3) is 0 Å². The molecular formula is C50H32N2O. The first-order valence-electron chi connectivity index (χ1n) is 18.1. The monoisotopic (exact) mass is 676 g/mol. The molecule has 0 N–H and O–H groups in total. The first kappa shape index (κ1) is 29.6. The lowest BCUT2D eigenvalue weighted by molar-refractivity contribution is 0.669. The predicted molar refractivity (Wildman–Crippen MR) is 223 cm³/mol. The lowest BCUT2D eigenvalue weighted by Crippen LogP contribution is -2.10. The van der Waals surface area contributed by atoms with Gasteiger partial charge < -0.3 is 13.9 Å². The molecule has 0 saturated heterocycles. The number of furan rings is 1. The maximum absolute atomic E-state index is 6.88. The third-order valence-electron chi connectivity index (χ3n) is 10.7. The molecule has 0 spiro atoms. The van der Waals surface area contributed by atoms with Crippen LogP contribution in [0.5, 0.6) is 0 Å². The molecule has 3 heteroatoms. The molecule has 11 aromatic rings. The highest BCUT2D eigenvalue weighted by molar-refractivity contribution is 6.22. The molecule has 3 nitrogen and oxygen atoms in total. The van der Waals surface area contributed by atoms with E-state index in [0.29, 0.717) is 0 Å². The second-order valence-corrected chi connectivity index (χ2v) is 13.7. The molecule has 0 saturated carbocycles. The van der Waals surface area contributed by atoms with Crippen LogP contribution in [0.25, 0.3) is 82.1 Å². The number of hydrogen-bond donors (Lipinski definition) is 0. The summed E-state index contributed by atoms with van der Waals surface area (Å²) in [5.41, 5.74) is 10.9. The molecular weight excluding hydrogens is 645 g/mol. The average Bonchev–Trinajstić information content (AvgIpc) is 3.78. The number of para-hydroxylation sites is 4. The number of fused-ring (bicyclic) bond motifs is 9. The van der Waals surface area contributed by atoms with E-state index in [1.807, 2.05) is 0 Å². The highest BCUT2D eigenvalue weighted by atomic mass is 16.3. The van der Waals surface area contributed by atoms with Crippen molar-refractivity contribution >= 4 is 82.4 Å². The summed E-state index contributed by atoms with van der Waals surface area (Å²) in [6, 6.07) is 69.6. The van der Waals surface area contributed by atoms with Crippen molar-refractivity contribution in [3.8, 4) is 16.8 Å². The zero-order valence-corrected chi connectivity index (χ0v) is 28.8. The first-order chi connectivity index (χ1) is 26.3. The van der Waals surface area contributed by atoms with Crippen LogP contribution < -0.4 is 4.90 Å². The van der Waals surface area contributed by atoms with Crippen molar-refractivity contribution in [1.29, 1.82) is 0 Å². The molecule has 9 aromatic carbocycles. The Morgan fingerprint density at radius 1 is 0.415 bits per heavy atom. The summed E-state index contributed by atoms with van der Waals surface area (Å²) in [4.78, 5) is 2.31. The van der Waals surface area contributed by atoms with Gasteiger partial charge in [0.05, 0.1) is 16.7 Å². The molecule has 0 atom stereocenters. The van der Waals surface area contributed by atoms with Gasteiger partial charge >= 0.3 is 0 Å². The van der Waals surface area contributed by atoms with Gasteiger partial charge in [0.15, 0.2) is 5.58 Å². The summed E-state index contributed by atoms with van der Waals surface area (Å²) in [5.74, 6) is 0. The highest BCUT2D eigenvalue weighted by Gasteiger charge is 2.21. The summed E-state index contributed by atoms with van der Waals surface area (Å²) in [6.07, 6.45) is 0. The SMILES string of the molecule is c1ccc(N(c2ccc3ccccc3c2)c2cccc3c2oc2ccc4ccc(-c5cccc6c5c5ccccc5n6-c5ccccc5)cc4c23)cc1. The summed E-state index contributed by atoms with van der Waals surface area (Å²) < 4.78 is 9.27. The van der Waals surface area contributed by atoms with Crippen molar-refractivity contribution in [1.82, 2.24) is 4.57 Å². The van der Waals surface area contributed by atoms with Gasteiger partial charge in [-0.3, -0.25) is 0 Å². The average molecular weight is 677 g/mol. The van der Waals surface area contributed by atoms with Crippen LogP contribution in [0.15, 0.2) is 199 Å². The maximum Gasteiger partial charge on any atom is 0.159 e. The molecule has 0 amide bonds. The van der Waals surface area contributed by atoms with E-state index in [0.717, 1.165) is 44.7 Å². The molecule has 0 aliphatic rings. The summed E-state index contributed by atoms with van der Waals surface area (Å²) in [7, 11) is 0. The van der Waals surface area contributed by atoms with E-state index in [4.69, 9.17) is 4.42 Å². The molecule has 248 valence electrons. The fourth-order valence-electron chi connectivity index (χ4n) is 8.38. The Hall–Kier alpha value is -7.10. The molecule has 0 radical (unpaired) electrons. The van der Waals surface area contributed by atoms with Gasteiger partial charge in [-0.1, -0.05) is 127 Å². The van der Waals surface area contributed by atoms with Crippen LogP contribution in [0.4, 0.5) is 17.1 Å². The van der Waals surface area contributed by atoms with Gasteiger partial charge in [-0.05, 0) is 99.4 Å². The highest BCUT2D eigenvalue weighted by Crippen LogP contribution is 2.45. The fourth-order valence-corrected chi connectivity index (χ4v) is 8.38. The van der Waals surface area contributed by atoms with E-state index in [2.05, 4.69) is 204 Å². The molecule has 0 fully saturated rings. The van der Waals surface area contributed by atoms with E-state index in [1.165, 1.54) is 54.5 Å².